The van der Waals surface area contributed by atoms with Crippen LogP contribution >= 0.6 is 0 Å². The maximum absolute atomic E-state index is 11.1. The van der Waals surface area contributed by atoms with Crippen LogP contribution in [0.2, 0.25) is 0 Å². The summed E-state index contributed by atoms with van der Waals surface area (Å²) in [7, 11) is 0. The van der Waals surface area contributed by atoms with E-state index in [0.29, 0.717) is 23.7 Å². The third kappa shape index (κ3) is 15.9. The second kappa shape index (κ2) is 23.0. The van der Waals surface area contributed by atoms with Gasteiger partial charge >= 0.3 is 75.5 Å². The van der Waals surface area contributed by atoms with Gasteiger partial charge in [-0.25, -0.2) is 0 Å². The van der Waals surface area contributed by atoms with Crippen molar-refractivity contribution >= 4 is 75.5 Å². The van der Waals surface area contributed by atoms with E-state index in [1.165, 1.54) is 0 Å². The molecule has 4 rings (SSSR count). The van der Waals surface area contributed by atoms with Gasteiger partial charge in [0, 0.05) is 0 Å². The first-order valence-corrected chi connectivity index (χ1v) is 13.9. The Morgan fingerprint density at radius 3 is 0.548 bits per heavy atom. The van der Waals surface area contributed by atoms with E-state index in [0.717, 1.165) is 22.3 Å². The Morgan fingerprint density at radius 1 is 0.310 bits per heavy atom. The Kier molecular flexibility index (Phi) is 23.4. The molecule has 0 aliphatic rings. The molecule has 0 amide bonds. The quantitative estimate of drug-likeness (QED) is 0.235. The summed E-state index contributed by atoms with van der Waals surface area (Å²) in [5, 5.41) is 44.2. The van der Waals surface area contributed by atoms with Gasteiger partial charge in [0.15, 0.2) is 0 Å². The van der Waals surface area contributed by atoms with Gasteiger partial charge in [-0.2, -0.15) is 0 Å². The average Bonchev–Trinajstić information content (AvgIpc) is 2.90. The Morgan fingerprint density at radius 2 is 0.452 bits per heavy atom. The molecular formula is C36H44Ca2O4. The zero-order valence-electron chi connectivity index (χ0n) is 26.6. The van der Waals surface area contributed by atoms with Crippen molar-refractivity contribution < 1.29 is 20.4 Å². The molecule has 0 radical (unpaired) electrons. The number of hydrogen-bond donors (Lipinski definition) is 0. The largest absolute Gasteiger partial charge is 2.00 e. The normalized spacial score (nSPS) is 9.81. The zero-order valence-corrected chi connectivity index (χ0v) is 31.0. The fourth-order valence-electron chi connectivity index (χ4n) is 3.83. The SMILES string of the molecule is CC(C)c1ccccc1[O-].CC(C)c1ccccc1[O-].CC(C)c1ccccc1[O-].CC(C)c1ccccc1[O-].[Ca+2].[Ca+2]. The molecule has 42 heavy (non-hydrogen) atoms. The second-order valence-corrected chi connectivity index (χ2v) is 10.8. The van der Waals surface area contributed by atoms with Crippen molar-refractivity contribution in [1.29, 1.82) is 0 Å². The Labute approximate surface area is 313 Å². The van der Waals surface area contributed by atoms with Crippen LogP contribution in [-0.4, -0.2) is 75.5 Å². The van der Waals surface area contributed by atoms with Gasteiger partial charge in [0.2, 0.25) is 0 Å². The Hall–Kier alpha value is -1.40. The molecule has 6 heteroatoms. The van der Waals surface area contributed by atoms with Crippen LogP contribution in [0, 0.1) is 0 Å². The molecule has 0 saturated heterocycles. The van der Waals surface area contributed by atoms with Crippen molar-refractivity contribution in [2.45, 2.75) is 79.1 Å². The van der Waals surface area contributed by atoms with Crippen LogP contribution < -0.4 is 20.4 Å². The summed E-state index contributed by atoms with van der Waals surface area (Å²) in [5.41, 5.74) is 3.62. The summed E-state index contributed by atoms with van der Waals surface area (Å²) in [5.74, 6) is 1.97. The molecule has 4 nitrogen and oxygen atoms in total. The van der Waals surface area contributed by atoms with E-state index in [2.05, 4.69) is 0 Å². The van der Waals surface area contributed by atoms with E-state index in [1.54, 1.807) is 48.5 Å². The fourth-order valence-corrected chi connectivity index (χ4v) is 3.83. The Balaban J connectivity index is 0. The van der Waals surface area contributed by atoms with Crippen molar-refractivity contribution in [1.82, 2.24) is 0 Å². The molecule has 0 aromatic heterocycles. The van der Waals surface area contributed by atoms with Gasteiger partial charge in [-0.1, -0.05) is 175 Å². The van der Waals surface area contributed by atoms with Gasteiger partial charge in [0.05, 0.1) is 0 Å². The van der Waals surface area contributed by atoms with Crippen molar-refractivity contribution in [3.8, 4) is 23.0 Å². The number of para-hydroxylation sites is 4. The zero-order chi connectivity index (χ0) is 30.2. The van der Waals surface area contributed by atoms with Crippen molar-refractivity contribution in [3.05, 3.63) is 119 Å². The minimum atomic E-state index is 0. The molecule has 0 aliphatic carbocycles. The molecule has 4 aromatic carbocycles. The van der Waals surface area contributed by atoms with Crippen molar-refractivity contribution in [2.75, 3.05) is 0 Å². The molecule has 0 heterocycles. The first kappa shape index (κ1) is 42.7. The van der Waals surface area contributed by atoms with Crippen LogP contribution in [0.3, 0.4) is 0 Å². The monoisotopic (exact) mass is 620 g/mol. The third-order valence-electron chi connectivity index (χ3n) is 6.16. The average molecular weight is 621 g/mol. The van der Waals surface area contributed by atoms with Crippen LogP contribution in [0.15, 0.2) is 97.1 Å². The van der Waals surface area contributed by atoms with Gasteiger partial charge < -0.3 is 20.4 Å². The summed E-state index contributed by atoms with van der Waals surface area (Å²) < 4.78 is 0. The molecule has 0 saturated carbocycles. The van der Waals surface area contributed by atoms with Crippen LogP contribution in [0.25, 0.3) is 0 Å². The van der Waals surface area contributed by atoms with Crippen molar-refractivity contribution in [3.63, 3.8) is 0 Å². The van der Waals surface area contributed by atoms with E-state index in [4.69, 9.17) is 0 Å². The molecule has 0 atom stereocenters. The summed E-state index contributed by atoms with van der Waals surface area (Å²) in [6.45, 7) is 16.2. The van der Waals surface area contributed by atoms with Crippen molar-refractivity contribution in [2.24, 2.45) is 0 Å². The molecule has 0 aliphatic heterocycles. The van der Waals surface area contributed by atoms with Crippen LogP contribution in [0.1, 0.15) is 101 Å². The maximum Gasteiger partial charge on any atom is 2.00 e. The topological polar surface area (TPSA) is 92.2 Å². The molecule has 0 spiro atoms. The third-order valence-corrected chi connectivity index (χ3v) is 6.16. The number of benzene rings is 4. The molecule has 0 unspecified atom stereocenters. The van der Waals surface area contributed by atoms with E-state index >= 15 is 0 Å². The summed E-state index contributed by atoms with van der Waals surface area (Å²) in [6.07, 6.45) is 0. The van der Waals surface area contributed by atoms with E-state index in [-0.39, 0.29) is 98.5 Å². The Bertz CT molecular complexity index is 1070. The predicted molar refractivity (Wildman–Crippen MR) is 171 cm³/mol. The molecule has 0 N–H and O–H groups in total. The molecule has 216 valence electrons. The van der Waals surface area contributed by atoms with E-state index in [1.807, 2.05) is 104 Å². The van der Waals surface area contributed by atoms with Crippen LogP contribution in [0.4, 0.5) is 0 Å². The summed E-state index contributed by atoms with van der Waals surface area (Å²) in [6, 6.07) is 28.6. The maximum atomic E-state index is 11.1. The molecule has 4 aromatic rings. The minimum Gasteiger partial charge on any atom is -0.872 e. The molecule has 0 bridgehead atoms. The molecular weight excluding hydrogens is 577 g/mol. The summed E-state index contributed by atoms with van der Waals surface area (Å²) >= 11 is 0. The fraction of sp³-hybridized carbons (Fsp3) is 0.333. The first-order valence-electron chi connectivity index (χ1n) is 13.9. The van der Waals surface area contributed by atoms with Gasteiger partial charge in [0.25, 0.3) is 0 Å². The number of hydrogen-bond acceptors (Lipinski definition) is 4. The van der Waals surface area contributed by atoms with Gasteiger partial charge in [-0.05, 0) is 23.7 Å². The minimum absolute atomic E-state index is 0. The standard InChI is InChI=1S/4C9H12O.2Ca/c4*1-7(2)8-5-3-4-6-9(8)10;;/h4*3-7,10H,1-2H3;;/q;;;;2*+2/p-4. The van der Waals surface area contributed by atoms with E-state index < -0.39 is 0 Å². The molecule has 0 fully saturated rings. The van der Waals surface area contributed by atoms with Crippen LogP contribution in [-0.2, 0) is 0 Å². The van der Waals surface area contributed by atoms with Gasteiger partial charge in [0.1, 0.15) is 0 Å². The second-order valence-electron chi connectivity index (χ2n) is 10.8. The predicted octanol–water partition coefficient (Wildman–Crippen LogP) is 6.77. The van der Waals surface area contributed by atoms with Gasteiger partial charge in [-0.3, -0.25) is 0 Å². The number of rotatable bonds is 4. The first-order chi connectivity index (χ1) is 18.9. The van der Waals surface area contributed by atoms with E-state index in [9.17, 15) is 20.4 Å². The van der Waals surface area contributed by atoms with Gasteiger partial charge in [-0.15, -0.1) is 23.0 Å². The smallest absolute Gasteiger partial charge is 0.872 e. The van der Waals surface area contributed by atoms with Crippen LogP contribution in [0.5, 0.6) is 23.0 Å². The summed E-state index contributed by atoms with van der Waals surface area (Å²) in [4.78, 5) is 0.